The molecule has 1 heterocycles. The normalized spacial score (nSPS) is 16.1. The second kappa shape index (κ2) is 4.72. The molecule has 0 bridgehead atoms. The molecule has 0 atom stereocenters. The van der Waals surface area contributed by atoms with Gasteiger partial charge < -0.3 is 10.2 Å². The molecule has 0 aromatic heterocycles. The number of aromatic hydroxyl groups is 2. The average molecular weight is 268 g/mol. The Morgan fingerprint density at radius 2 is 2.24 bits per heavy atom. The minimum absolute atomic E-state index is 0.0389. The van der Waals surface area contributed by atoms with E-state index in [1.54, 1.807) is 0 Å². The van der Waals surface area contributed by atoms with Gasteiger partial charge in [0.25, 0.3) is 5.91 Å². The number of phenols is 2. The predicted octanol–water partition coefficient (Wildman–Crippen LogP) is 1.29. The van der Waals surface area contributed by atoms with Crippen molar-refractivity contribution < 1.29 is 15.0 Å². The summed E-state index contributed by atoms with van der Waals surface area (Å²) < 4.78 is 0.393. The van der Waals surface area contributed by atoms with Gasteiger partial charge in [0.15, 0.2) is 4.32 Å². The molecule has 0 unspecified atom stereocenters. The number of amides is 1. The van der Waals surface area contributed by atoms with Crippen LogP contribution in [0.5, 0.6) is 11.5 Å². The Hall–Kier alpha value is -1.60. The Kier molecular flexibility index (Phi) is 3.30. The first-order chi connectivity index (χ1) is 8.08. The van der Waals surface area contributed by atoms with E-state index in [0.29, 0.717) is 9.88 Å². The predicted molar refractivity (Wildman–Crippen MR) is 69.3 cm³/mol. The van der Waals surface area contributed by atoms with Crippen LogP contribution in [0.4, 0.5) is 0 Å². The maximum absolute atomic E-state index is 11.3. The average Bonchev–Trinajstić information content (AvgIpc) is 2.58. The van der Waals surface area contributed by atoms with Crippen LogP contribution in [0.1, 0.15) is 5.56 Å². The van der Waals surface area contributed by atoms with E-state index >= 15 is 0 Å². The summed E-state index contributed by atoms with van der Waals surface area (Å²) in [6.45, 7) is 0. The molecule has 2 N–H and O–H groups in total. The first-order valence-corrected chi connectivity index (χ1v) is 6.03. The molecular weight excluding hydrogens is 260 g/mol. The third-order valence-corrected chi connectivity index (χ3v) is 3.39. The number of rotatable bonds is 2. The molecule has 2 rings (SSSR count). The van der Waals surface area contributed by atoms with Gasteiger partial charge in [-0.05, 0) is 12.1 Å². The quantitative estimate of drug-likeness (QED) is 0.624. The van der Waals surface area contributed by atoms with Gasteiger partial charge in [-0.1, -0.05) is 24.0 Å². The van der Waals surface area contributed by atoms with Crippen LogP contribution in [0, 0.1) is 0 Å². The number of thioether (sulfide) groups is 1. The standard InChI is InChI=1S/C10H8N2O3S2/c13-7-2-1-6(8(14)3-7)4-11-12-9(15)5-17-10(12)16/h1-4,13-14H,5H2. The van der Waals surface area contributed by atoms with Gasteiger partial charge in [0.2, 0.25) is 0 Å². The summed E-state index contributed by atoms with van der Waals surface area (Å²) in [5.41, 5.74) is 0.398. The summed E-state index contributed by atoms with van der Waals surface area (Å²) >= 11 is 6.19. The third kappa shape index (κ3) is 2.56. The number of nitrogens with zero attached hydrogens (tertiary/aromatic N) is 2. The second-order valence-corrected chi connectivity index (χ2v) is 4.86. The fourth-order valence-electron chi connectivity index (χ4n) is 1.22. The number of hydrogen-bond donors (Lipinski definition) is 2. The largest absolute Gasteiger partial charge is 0.508 e. The van der Waals surface area contributed by atoms with Crippen LogP contribution < -0.4 is 0 Å². The zero-order chi connectivity index (χ0) is 12.4. The van der Waals surface area contributed by atoms with Crippen LogP contribution in [0.2, 0.25) is 0 Å². The Morgan fingerprint density at radius 1 is 1.47 bits per heavy atom. The zero-order valence-electron chi connectivity index (χ0n) is 8.53. The van der Waals surface area contributed by atoms with E-state index in [9.17, 15) is 9.90 Å². The van der Waals surface area contributed by atoms with Gasteiger partial charge in [0.05, 0.1) is 12.0 Å². The van der Waals surface area contributed by atoms with Crippen molar-refractivity contribution in [3.05, 3.63) is 23.8 Å². The van der Waals surface area contributed by atoms with E-state index in [1.807, 2.05) is 0 Å². The van der Waals surface area contributed by atoms with Crippen molar-refractivity contribution in [3.63, 3.8) is 0 Å². The lowest BCUT2D eigenvalue weighted by Crippen LogP contribution is -2.22. The summed E-state index contributed by atoms with van der Waals surface area (Å²) in [7, 11) is 0. The molecule has 1 saturated heterocycles. The Morgan fingerprint density at radius 3 is 2.82 bits per heavy atom. The van der Waals surface area contributed by atoms with Gasteiger partial charge in [-0.3, -0.25) is 4.79 Å². The first kappa shape index (κ1) is 11.9. The van der Waals surface area contributed by atoms with Crippen LogP contribution in [-0.2, 0) is 4.79 Å². The van der Waals surface area contributed by atoms with E-state index in [2.05, 4.69) is 5.10 Å². The Bertz CT molecular complexity index is 500. The van der Waals surface area contributed by atoms with Crippen molar-refractivity contribution in [2.45, 2.75) is 0 Å². The maximum atomic E-state index is 11.3. The van der Waals surface area contributed by atoms with E-state index in [4.69, 9.17) is 17.3 Å². The fourth-order valence-corrected chi connectivity index (χ4v) is 2.19. The Balaban J connectivity index is 2.20. The van der Waals surface area contributed by atoms with Crippen LogP contribution in [0.25, 0.3) is 0 Å². The Labute approximate surface area is 107 Å². The highest BCUT2D eigenvalue weighted by Crippen LogP contribution is 2.22. The van der Waals surface area contributed by atoms with Crippen LogP contribution in [0.3, 0.4) is 0 Å². The van der Waals surface area contributed by atoms with Gasteiger partial charge >= 0.3 is 0 Å². The molecule has 0 saturated carbocycles. The maximum Gasteiger partial charge on any atom is 0.259 e. The summed E-state index contributed by atoms with van der Waals surface area (Å²) in [5.74, 6) is -0.0472. The SMILES string of the molecule is O=C1CSC(=S)N1N=Cc1ccc(O)cc1O. The fraction of sp³-hybridized carbons (Fsp3) is 0.100. The molecule has 1 aliphatic rings. The number of thiocarbonyl (C=S) groups is 1. The van der Waals surface area contributed by atoms with Gasteiger partial charge in [0.1, 0.15) is 11.5 Å². The van der Waals surface area contributed by atoms with Gasteiger partial charge in [0, 0.05) is 11.6 Å². The number of phenolic OH excluding ortho intramolecular Hbond substituents is 2. The highest BCUT2D eigenvalue weighted by Gasteiger charge is 2.25. The number of carbonyl (C=O) groups is 1. The molecule has 5 nitrogen and oxygen atoms in total. The number of hydrazone groups is 1. The van der Waals surface area contributed by atoms with E-state index in [1.165, 1.54) is 36.2 Å². The molecule has 88 valence electrons. The van der Waals surface area contributed by atoms with Crippen LogP contribution >= 0.6 is 24.0 Å². The van der Waals surface area contributed by atoms with Gasteiger partial charge in [-0.15, -0.1) is 0 Å². The van der Waals surface area contributed by atoms with E-state index in [0.717, 1.165) is 5.01 Å². The minimum atomic E-state index is -0.186. The van der Waals surface area contributed by atoms with Gasteiger partial charge in [-0.2, -0.15) is 10.1 Å². The zero-order valence-corrected chi connectivity index (χ0v) is 10.2. The van der Waals surface area contributed by atoms with Crippen molar-refractivity contribution in [2.24, 2.45) is 5.10 Å². The lowest BCUT2D eigenvalue weighted by molar-refractivity contribution is -0.123. The third-order valence-electron chi connectivity index (χ3n) is 2.05. The molecule has 1 aromatic carbocycles. The van der Waals surface area contributed by atoms with Crippen molar-refractivity contribution in [3.8, 4) is 11.5 Å². The molecule has 0 aliphatic carbocycles. The first-order valence-electron chi connectivity index (χ1n) is 4.63. The summed E-state index contributed by atoms with van der Waals surface area (Å²) in [4.78, 5) is 11.3. The van der Waals surface area contributed by atoms with Crippen LogP contribution in [-0.4, -0.2) is 37.4 Å². The lowest BCUT2D eigenvalue weighted by Gasteiger charge is -2.06. The van der Waals surface area contributed by atoms with Crippen molar-refractivity contribution in [1.29, 1.82) is 0 Å². The monoisotopic (exact) mass is 268 g/mol. The minimum Gasteiger partial charge on any atom is -0.508 e. The summed E-state index contributed by atoms with van der Waals surface area (Å²) in [6.07, 6.45) is 1.32. The highest BCUT2D eigenvalue weighted by atomic mass is 32.2. The smallest absolute Gasteiger partial charge is 0.259 e. The molecule has 17 heavy (non-hydrogen) atoms. The molecule has 0 radical (unpaired) electrons. The summed E-state index contributed by atoms with van der Waals surface area (Å²) in [5, 5.41) is 23.6. The lowest BCUT2D eigenvalue weighted by atomic mass is 10.2. The molecule has 1 aromatic rings. The van der Waals surface area contributed by atoms with Crippen molar-refractivity contribution in [2.75, 3.05) is 5.75 Å². The molecule has 1 fully saturated rings. The molecule has 7 heteroatoms. The van der Waals surface area contributed by atoms with Crippen LogP contribution in [0.15, 0.2) is 23.3 Å². The second-order valence-electron chi connectivity index (χ2n) is 3.25. The number of carbonyl (C=O) groups excluding carboxylic acids is 1. The highest BCUT2D eigenvalue weighted by molar-refractivity contribution is 8.23. The summed E-state index contributed by atoms with van der Waals surface area (Å²) in [6, 6.07) is 4.10. The molecule has 0 spiro atoms. The number of benzene rings is 1. The van der Waals surface area contributed by atoms with Crippen molar-refractivity contribution >= 4 is 40.4 Å². The molecule has 1 aliphatic heterocycles. The van der Waals surface area contributed by atoms with E-state index < -0.39 is 0 Å². The molecule has 1 amide bonds. The van der Waals surface area contributed by atoms with Gasteiger partial charge in [-0.25, -0.2) is 0 Å². The van der Waals surface area contributed by atoms with E-state index in [-0.39, 0.29) is 23.2 Å². The number of hydrogen-bond acceptors (Lipinski definition) is 6. The van der Waals surface area contributed by atoms with Crippen molar-refractivity contribution in [1.82, 2.24) is 5.01 Å². The topological polar surface area (TPSA) is 73.1 Å². The molecular formula is C10H8N2O3S2.